The van der Waals surface area contributed by atoms with Gasteiger partial charge in [0.25, 0.3) is 0 Å². The normalized spacial score (nSPS) is 50.4. The quantitative estimate of drug-likeness (QED) is 0.814. The first-order valence-corrected chi connectivity index (χ1v) is 7.79. The van der Waals surface area contributed by atoms with E-state index in [0.717, 1.165) is 25.7 Å². The van der Waals surface area contributed by atoms with Crippen molar-refractivity contribution in [1.29, 1.82) is 0 Å². The number of hydrogen-bond donors (Lipinski definition) is 1. The third-order valence-corrected chi connectivity index (χ3v) is 6.06. The Balaban J connectivity index is 1.60. The highest BCUT2D eigenvalue weighted by Crippen LogP contribution is 2.61. The van der Waals surface area contributed by atoms with Gasteiger partial charge in [0.1, 0.15) is 5.78 Å². The summed E-state index contributed by atoms with van der Waals surface area (Å²) in [5.74, 6) is -1.03. The van der Waals surface area contributed by atoms with Crippen molar-refractivity contribution in [3.8, 4) is 0 Å². The van der Waals surface area contributed by atoms with Crippen LogP contribution in [0.15, 0.2) is 0 Å². The van der Waals surface area contributed by atoms with E-state index in [0.29, 0.717) is 18.1 Å². The first-order chi connectivity index (χ1) is 9.36. The molecule has 1 saturated heterocycles. The number of fused-ring (bicyclic) bond motifs is 1. The molecule has 0 spiro atoms. The fraction of sp³-hybridized carbons (Fsp3) is 0.929. The SMILES string of the molecule is O=C1C2CCCC3(OC4(C(F)(F)S)CCO4)CC1C2C3. The van der Waals surface area contributed by atoms with E-state index < -0.39 is 16.6 Å². The molecule has 1 heterocycles. The summed E-state index contributed by atoms with van der Waals surface area (Å²) in [6.07, 6.45) is 3.98. The van der Waals surface area contributed by atoms with E-state index in [1.165, 1.54) is 0 Å². The fourth-order valence-electron chi connectivity index (χ4n) is 4.66. The second-order valence-corrected chi connectivity index (χ2v) is 7.32. The lowest BCUT2D eigenvalue weighted by Crippen LogP contribution is -2.61. The lowest BCUT2D eigenvalue weighted by atomic mass is 9.63. The fourth-order valence-corrected chi connectivity index (χ4v) is 4.89. The van der Waals surface area contributed by atoms with Crippen molar-refractivity contribution in [3.63, 3.8) is 0 Å². The average molecular weight is 304 g/mol. The van der Waals surface area contributed by atoms with E-state index in [1.54, 1.807) is 0 Å². The lowest BCUT2D eigenvalue weighted by Gasteiger charge is -2.49. The monoisotopic (exact) mass is 304 g/mol. The highest BCUT2D eigenvalue weighted by molar-refractivity contribution is 7.81. The summed E-state index contributed by atoms with van der Waals surface area (Å²) in [6.45, 7) is 0.278. The van der Waals surface area contributed by atoms with Gasteiger partial charge < -0.3 is 9.47 Å². The largest absolute Gasteiger partial charge is 0.344 e. The molecular weight excluding hydrogens is 286 g/mol. The first-order valence-electron chi connectivity index (χ1n) is 7.34. The number of ketones is 1. The van der Waals surface area contributed by atoms with Crippen LogP contribution in [0, 0.1) is 17.8 Å². The van der Waals surface area contributed by atoms with Gasteiger partial charge in [0.2, 0.25) is 5.79 Å². The van der Waals surface area contributed by atoms with Gasteiger partial charge in [0.15, 0.2) is 0 Å². The third kappa shape index (κ3) is 1.61. The minimum Gasteiger partial charge on any atom is -0.344 e. The van der Waals surface area contributed by atoms with Crippen LogP contribution in [0.3, 0.4) is 0 Å². The number of alkyl halides is 2. The van der Waals surface area contributed by atoms with Crippen LogP contribution < -0.4 is 0 Å². The Morgan fingerprint density at radius 2 is 2.05 bits per heavy atom. The van der Waals surface area contributed by atoms with E-state index in [1.807, 2.05) is 0 Å². The van der Waals surface area contributed by atoms with Crippen LogP contribution in [0.5, 0.6) is 0 Å². The maximum atomic E-state index is 13.7. The molecule has 20 heavy (non-hydrogen) atoms. The highest BCUT2D eigenvalue weighted by Gasteiger charge is 2.67. The van der Waals surface area contributed by atoms with E-state index in [4.69, 9.17) is 9.47 Å². The summed E-state index contributed by atoms with van der Waals surface area (Å²) in [6, 6.07) is 0. The molecule has 3 nitrogen and oxygen atoms in total. The highest BCUT2D eigenvalue weighted by atomic mass is 32.1. The van der Waals surface area contributed by atoms with Gasteiger partial charge in [-0.2, -0.15) is 8.78 Å². The van der Waals surface area contributed by atoms with E-state index >= 15 is 0 Å². The predicted octanol–water partition coefficient (Wildman–Crippen LogP) is 2.79. The Labute approximate surface area is 121 Å². The molecule has 0 aromatic heterocycles. The molecule has 3 aliphatic carbocycles. The summed E-state index contributed by atoms with van der Waals surface area (Å²) in [4.78, 5) is 12.0. The van der Waals surface area contributed by atoms with Gasteiger partial charge in [0.05, 0.1) is 12.2 Å². The summed E-state index contributed by atoms with van der Waals surface area (Å²) < 4.78 is 38.5. The number of carbonyl (C=O) groups excluding carboxylic acids is 1. The Hall–Kier alpha value is -0.200. The number of carbonyl (C=O) groups is 1. The molecule has 4 rings (SSSR count). The number of Topliss-reactive ketones (excluding diaryl/α,β-unsaturated/α-hetero) is 1. The molecule has 0 radical (unpaired) electrons. The van der Waals surface area contributed by atoms with Crippen molar-refractivity contribution < 1.29 is 23.0 Å². The summed E-state index contributed by atoms with van der Waals surface area (Å²) >= 11 is 3.38. The maximum absolute atomic E-state index is 13.7. The lowest BCUT2D eigenvalue weighted by molar-refractivity contribution is -0.396. The zero-order valence-electron chi connectivity index (χ0n) is 11.1. The van der Waals surface area contributed by atoms with Gasteiger partial charge >= 0.3 is 5.25 Å². The Morgan fingerprint density at radius 1 is 1.30 bits per heavy atom. The van der Waals surface area contributed by atoms with Gasteiger partial charge in [-0.25, -0.2) is 0 Å². The number of rotatable bonds is 3. The average Bonchev–Trinajstić information content (AvgIpc) is 2.52. The van der Waals surface area contributed by atoms with Crippen molar-refractivity contribution in [2.75, 3.05) is 6.61 Å². The van der Waals surface area contributed by atoms with Crippen molar-refractivity contribution in [1.82, 2.24) is 0 Å². The van der Waals surface area contributed by atoms with Crippen molar-refractivity contribution in [3.05, 3.63) is 0 Å². The van der Waals surface area contributed by atoms with Crippen molar-refractivity contribution in [2.45, 2.75) is 55.2 Å². The minimum absolute atomic E-state index is 0.0333. The molecular formula is C14H18F2O3S. The van der Waals surface area contributed by atoms with Crippen LogP contribution in [-0.4, -0.2) is 29.0 Å². The van der Waals surface area contributed by atoms with E-state index in [2.05, 4.69) is 12.6 Å². The number of halogens is 2. The van der Waals surface area contributed by atoms with Gasteiger partial charge in [-0.1, -0.05) is 12.6 Å². The van der Waals surface area contributed by atoms with Gasteiger partial charge in [-0.05, 0) is 38.0 Å². The van der Waals surface area contributed by atoms with Crippen LogP contribution in [0.4, 0.5) is 8.78 Å². The van der Waals surface area contributed by atoms with Crippen LogP contribution in [0.2, 0.25) is 0 Å². The molecule has 5 atom stereocenters. The maximum Gasteiger partial charge on any atom is 0.344 e. The minimum atomic E-state index is -3.31. The number of ether oxygens (including phenoxy) is 2. The summed E-state index contributed by atoms with van der Waals surface area (Å²) in [5.41, 5.74) is -0.608. The molecule has 6 heteroatoms. The first kappa shape index (κ1) is 13.5. The number of thiol groups is 1. The standard InChI is InChI=1S/C14H18F2O3S/c15-14(16,20)13(4-5-18-13)19-12-3-1-2-8-9(6-12)10(7-12)11(8)17/h8-10,20H,1-7H2. The van der Waals surface area contributed by atoms with Crippen LogP contribution in [0.1, 0.15) is 38.5 Å². The second-order valence-electron chi connectivity index (χ2n) is 6.76. The topological polar surface area (TPSA) is 35.5 Å². The molecule has 2 bridgehead atoms. The molecule has 0 N–H and O–H groups in total. The van der Waals surface area contributed by atoms with Gasteiger partial charge in [-0.3, -0.25) is 4.79 Å². The van der Waals surface area contributed by atoms with Crippen molar-refractivity contribution >= 4 is 18.4 Å². The van der Waals surface area contributed by atoms with Crippen LogP contribution in [0.25, 0.3) is 0 Å². The molecule has 4 aliphatic rings. The predicted molar refractivity (Wildman–Crippen MR) is 69.6 cm³/mol. The Kier molecular flexibility index (Phi) is 2.66. The van der Waals surface area contributed by atoms with Crippen molar-refractivity contribution in [2.24, 2.45) is 17.8 Å². The number of hydrogen-bond acceptors (Lipinski definition) is 4. The Bertz CT molecular complexity index is 460. The molecule has 3 saturated carbocycles. The van der Waals surface area contributed by atoms with Crippen LogP contribution >= 0.6 is 12.6 Å². The van der Waals surface area contributed by atoms with Gasteiger partial charge in [0, 0.05) is 18.3 Å². The van der Waals surface area contributed by atoms with Crippen LogP contribution in [-0.2, 0) is 14.3 Å². The zero-order valence-corrected chi connectivity index (χ0v) is 12.0. The van der Waals surface area contributed by atoms with E-state index in [9.17, 15) is 13.6 Å². The third-order valence-electron chi connectivity index (χ3n) is 5.72. The molecule has 4 fully saturated rings. The molecule has 112 valence electrons. The second kappa shape index (κ2) is 3.96. The summed E-state index contributed by atoms with van der Waals surface area (Å²) in [5, 5.41) is -3.31. The summed E-state index contributed by atoms with van der Waals surface area (Å²) in [7, 11) is 0. The zero-order chi connectivity index (χ0) is 14.2. The molecule has 0 amide bonds. The molecule has 0 aromatic carbocycles. The molecule has 1 aliphatic heterocycles. The molecule has 5 unspecified atom stereocenters. The Morgan fingerprint density at radius 3 is 2.65 bits per heavy atom. The van der Waals surface area contributed by atoms with E-state index in [-0.39, 0.29) is 24.9 Å². The van der Waals surface area contributed by atoms with Gasteiger partial charge in [-0.15, -0.1) is 0 Å². The molecule has 0 aromatic rings. The smallest absolute Gasteiger partial charge is 0.344 e.